The third kappa shape index (κ3) is 5.49. The molecule has 0 aromatic heterocycles. The Balaban J connectivity index is 1.80. The Morgan fingerprint density at radius 2 is 2.05 bits per heavy atom. The van der Waals surface area contributed by atoms with Gasteiger partial charge in [0.2, 0.25) is 0 Å². The van der Waals surface area contributed by atoms with Gasteiger partial charge in [0.15, 0.2) is 0 Å². The first-order valence-corrected chi connectivity index (χ1v) is 9.47. The number of ether oxygens (including phenoxy) is 1. The number of nitrogens with zero attached hydrogens (tertiary/aromatic N) is 1. The van der Waals surface area contributed by atoms with Crippen LogP contribution in [0.5, 0.6) is 0 Å². The molecule has 2 heterocycles. The molecule has 0 spiro atoms. The molecule has 6 nitrogen and oxygen atoms in total. The van der Waals surface area contributed by atoms with Crippen LogP contribution in [0.2, 0.25) is 0 Å². The lowest BCUT2D eigenvalue weighted by Crippen LogP contribution is -2.48. The van der Waals surface area contributed by atoms with E-state index < -0.39 is 10.2 Å². The van der Waals surface area contributed by atoms with E-state index in [0.29, 0.717) is 44.1 Å². The van der Waals surface area contributed by atoms with Crippen LogP contribution in [0, 0.1) is 11.8 Å². The Hall–Kier alpha value is -0.210. The highest BCUT2D eigenvalue weighted by Crippen LogP contribution is 2.19. The summed E-state index contributed by atoms with van der Waals surface area (Å²) in [6, 6.07) is 0.442. The summed E-state index contributed by atoms with van der Waals surface area (Å²) in [5.41, 5.74) is 0. The van der Waals surface area contributed by atoms with Gasteiger partial charge < -0.3 is 10.1 Å². The molecule has 21 heavy (non-hydrogen) atoms. The first-order chi connectivity index (χ1) is 9.97. The lowest BCUT2D eigenvalue weighted by Gasteiger charge is -2.32. The average Bonchev–Trinajstić information content (AvgIpc) is 2.97. The molecule has 0 aromatic rings. The molecule has 0 amide bonds. The molecule has 2 saturated heterocycles. The van der Waals surface area contributed by atoms with Gasteiger partial charge >= 0.3 is 0 Å². The van der Waals surface area contributed by atoms with Gasteiger partial charge in [-0.15, -0.1) is 0 Å². The number of piperidine rings is 1. The molecule has 2 unspecified atom stereocenters. The molecule has 0 radical (unpaired) electrons. The van der Waals surface area contributed by atoms with Crippen molar-refractivity contribution in [1.29, 1.82) is 0 Å². The van der Waals surface area contributed by atoms with Crippen LogP contribution in [0.3, 0.4) is 0 Å². The topological polar surface area (TPSA) is 70.7 Å². The van der Waals surface area contributed by atoms with Gasteiger partial charge in [0.25, 0.3) is 10.2 Å². The number of nitrogens with one attached hydrogen (secondary N) is 2. The second kappa shape index (κ2) is 7.87. The minimum absolute atomic E-state index is 0.322. The van der Waals surface area contributed by atoms with Crippen molar-refractivity contribution in [3.05, 3.63) is 0 Å². The minimum atomic E-state index is -3.34. The van der Waals surface area contributed by atoms with E-state index in [0.717, 1.165) is 32.4 Å². The van der Waals surface area contributed by atoms with E-state index in [-0.39, 0.29) is 0 Å². The normalized spacial score (nSPS) is 28.3. The van der Waals surface area contributed by atoms with Crippen molar-refractivity contribution < 1.29 is 13.2 Å². The van der Waals surface area contributed by atoms with Crippen LogP contribution < -0.4 is 10.0 Å². The van der Waals surface area contributed by atoms with Crippen molar-refractivity contribution in [3.63, 3.8) is 0 Å². The molecule has 0 bridgehead atoms. The van der Waals surface area contributed by atoms with E-state index in [1.807, 2.05) is 0 Å². The second-order valence-electron chi connectivity index (χ2n) is 6.51. The Morgan fingerprint density at radius 1 is 1.24 bits per heavy atom. The van der Waals surface area contributed by atoms with Crippen LogP contribution >= 0.6 is 0 Å². The molecule has 0 aliphatic carbocycles. The zero-order chi connectivity index (χ0) is 15.3. The molecule has 2 aliphatic heterocycles. The quantitative estimate of drug-likeness (QED) is 0.720. The molecule has 0 aromatic carbocycles. The second-order valence-corrected chi connectivity index (χ2v) is 8.27. The Bertz CT molecular complexity index is 408. The van der Waals surface area contributed by atoms with Gasteiger partial charge in [0, 0.05) is 32.3 Å². The fourth-order valence-electron chi connectivity index (χ4n) is 2.87. The lowest BCUT2D eigenvalue weighted by molar-refractivity contribution is 0.186. The lowest BCUT2D eigenvalue weighted by atomic mass is 9.99. The largest absolute Gasteiger partial charge is 0.381 e. The summed E-state index contributed by atoms with van der Waals surface area (Å²) >= 11 is 0. The van der Waals surface area contributed by atoms with Crippen molar-refractivity contribution in [1.82, 2.24) is 14.3 Å². The molecule has 2 fully saturated rings. The van der Waals surface area contributed by atoms with Gasteiger partial charge in [-0.05, 0) is 37.6 Å². The predicted octanol–water partition coefficient (Wildman–Crippen LogP) is 0.567. The van der Waals surface area contributed by atoms with Crippen LogP contribution in [0.15, 0.2) is 0 Å². The number of hydrogen-bond acceptors (Lipinski definition) is 4. The van der Waals surface area contributed by atoms with Crippen LogP contribution in [0.25, 0.3) is 0 Å². The summed E-state index contributed by atoms with van der Waals surface area (Å²) in [6.07, 6.45) is 2.99. The average molecular weight is 319 g/mol. The highest BCUT2D eigenvalue weighted by molar-refractivity contribution is 7.87. The smallest absolute Gasteiger partial charge is 0.279 e. The molecular formula is C14H29N3O3S. The minimum Gasteiger partial charge on any atom is -0.381 e. The third-order valence-corrected chi connectivity index (χ3v) is 5.76. The van der Waals surface area contributed by atoms with Gasteiger partial charge in [0.05, 0.1) is 6.61 Å². The Kier molecular flexibility index (Phi) is 6.43. The van der Waals surface area contributed by atoms with Gasteiger partial charge in [-0.1, -0.05) is 13.8 Å². The summed E-state index contributed by atoms with van der Waals surface area (Å²) in [7, 11) is -3.34. The van der Waals surface area contributed by atoms with Crippen LogP contribution in [0.4, 0.5) is 0 Å². The third-order valence-electron chi connectivity index (χ3n) is 4.21. The predicted molar refractivity (Wildman–Crippen MR) is 83.3 cm³/mol. The maximum absolute atomic E-state index is 12.4. The Labute approximate surface area is 128 Å². The monoisotopic (exact) mass is 319 g/mol. The number of hydrogen-bond donors (Lipinski definition) is 2. The summed E-state index contributed by atoms with van der Waals surface area (Å²) < 4.78 is 34.4. The van der Waals surface area contributed by atoms with Crippen molar-refractivity contribution in [2.24, 2.45) is 11.8 Å². The zero-order valence-corrected chi connectivity index (χ0v) is 14.0. The molecule has 2 atom stereocenters. The van der Waals surface area contributed by atoms with Gasteiger partial charge in [-0.25, -0.2) is 4.72 Å². The van der Waals surface area contributed by atoms with Crippen LogP contribution in [-0.4, -0.2) is 58.2 Å². The molecule has 2 N–H and O–H groups in total. The summed E-state index contributed by atoms with van der Waals surface area (Å²) in [5.74, 6) is 0.732. The van der Waals surface area contributed by atoms with E-state index in [2.05, 4.69) is 23.9 Å². The standard InChI is InChI=1S/C14H29N3O3S/c1-12(2)15-8-13-4-3-6-17(10-13)21(18,19)16-9-14-5-7-20-11-14/h12-16H,3-11H2,1-2H3. The van der Waals surface area contributed by atoms with Gasteiger partial charge in [-0.3, -0.25) is 0 Å². The molecular weight excluding hydrogens is 290 g/mol. The molecule has 0 saturated carbocycles. The van der Waals surface area contributed by atoms with Crippen molar-refractivity contribution in [2.75, 3.05) is 39.4 Å². The van der Waals surface area contributed by atoms with Crippen molar-refractivity contribution in [2.45, 2.75) is 39.2 Å². The van der Waals surface area contributed by atoms with Gasteiger partial charge in [0.1, 0.15) is 0 Å². The summed E-state index contributed by atoms with van der Waals surface area (Å²) in [5, 5.41) is 3.41. The van der Waals surface area contributed by atoms with E-state index >= 15 is 0 Å². The van der Waals surface area contributed by atoms with E-state index in [1.165, 1.54) is 0 Å². The Morgan fingerprint density at radius 3 is 2.71 bits per heavy atom. The van der Waals surface area contributed by atoms with E-state index in [9.17, 15) is 8.42 Å². The van der Waals surface area contributed by atoms with Crippen LogP contribution in [-0.2, 0) is 14.9 Å². The zero-order valence-electron chi connectivity index (χ0n) is 13.2. The molecule has 2 aliphatic rings. The highest BCUT2D eigenvalue weighted by Gasteiger charge is 2.29. The van der Waals surface area contributed by atoms with Crippen molar-refractivity contribution in [3.8, 4) is 0 Å². The molecule has 2 rings (SSSR count). The fraction of sp³-hybridized carbons (Fsp3) is 1.00. The first-order valence-electron chi connectivity index (χ1n) is 8.03. The van der Waals surface area contributed by atoms with Crippen LogP contribution in [0.1, 0.15) is 33.1 Å². The van der Waals surface area contributed by atoms with Crippen molar-refractivity contribution >= 4 is 10.2 Å². The van der Waals surface area contributed by atoms with E-state index in [1.54, 1.807) is 4.31 Å². The SMILES string of the molecule is CC(C)NCC1CCCN(S(=O)(=O)NCC2CCOC2)C1. The molecule has 124 valence electrons. The molecule has 7 heteroatoms. The number of rotatable bonds is 7. The summed E-state index contributed by atoms with van der Waals surface area (Å²) in [4.78, 5) is 0. The highest BCUT2D eigenvalue weighted by atomic mass is 32.2. The fourth-order valence-corrected chi connectivity index (χ4v) is 4.28. The van der Waals surface area contributed by atoms with E-state index in [4.69, 9.17) is 4.74 Å². The summed E-state index contributed by atoms with van der Waals surface area (Å²) in [6.45, 7) is 8.28. The maximum atomic E-state index is 12.4. The van der Waals surface area contributed by atoms with Gasteiger partial charge in [-0.2, -0.15) is 12.7 Å². The maximum Gasteiger partial charge on any atom is 0.279 e. The first kappa shape index (κ1) is 17.1.